The van der Waals surface area contributed by atoms with Gasteiger partial charge in [0, 0.05) is 18.2 Å². The van der Waals surface area contributed by atoms with Gasteiger partial charge in [0.1, 0.15) is 6.04 Å². The molecule has 3 unspecified atom stereocenters. The first kappa shape index (κ1) is 17.6. The van der Waals surface area contributed by atoms with Crippen molar-refractivity contribution < 1.29 is 9.59 Å². The van der Waals surface area contributed by atoms with Crippen LogP contribution in [0.5, 0.6) is 0 Å². The maximum Gasteiger partial charge on any atom is 0.243 e. The number of piperidine rings is 1. The van der Waals surface area contributed by atoms with Crippen molar-refractivity contribution in [1.29, 1.82) is 0 Å². The Labute approximate surface area is 138 Å². The zero-order valence-electron chi connectivity index (χ0n) is 14.1. The van der Waals surface area contributed by atoms with E-state index >= 15 is 0 Å². The molecule has 2 aliphatic rings. The van der Waals surface area contributed by atoms with Crippen molar-refractivity contribution in [2.45, 2.75) is 52.6 Å². The number of nitrogens with one attached hydrogen (secondary N) is 2. The molecule has 0 spiro atoms. The lowest BCUT2D eigenvalue weighted by Gasteiger charge is -2.33. The second-order valence-electron chi connectivity index (χ2n) is 7.70. The number of carbonyl (C=O) groups excluding carboxylic acids is 2. The molecule has 2 rings (SSSR count). The fraction of sp³-hybridized carbons (Fsp3) is 0.875. The molecule has 0 bridgehead atoms. The quantitative estimate of drug-likeness (QED) is 0.823. The second kappa shape index (κ2) is 7.21. The minimum atomic E-state index is -0.304. The third-order valence-electron chi connectivity index (χ3n) is 4.30. The molecule has 2 aliphatic heterocycles. The van der Waals surface area contributed by atoms with Gasteiger partial charge in [0.05, 0.1) is 5.88 Å². The number of hydrogen-bond acceptors (Lipinski definition) is 4. The van der Waals surface area contributed by atoms with Gasteiger partial charge in [0.15, 0.2) is 0 Å². The lowest BCUT2D eigenvalue weighted by molar-refractivity contribution is -0.139. The molecular formula is C16H29N3O2S. The summed E-state index contributed by atoms with van der Waals surface area (Å²) in [5, 5.41) is 6.51. The average Bonchev–Trinajstić information content (AvgIpc) is 2.89. The van der Waals surface area contributed by atoms with Gasteiger partial charge >= 0.3 is 0 Å². The third kappa shape index (κ3) is 4.62. The van der Waals surface area contributed by atoms with E-state index in [4.69, 9.17) is 0 Å². The molecule has 0 saturated carbocycles. The molecule has 126 valence electrons. The van der Waals surface area contributed by atoms with Crippen LogP contribution in [0.3, 0.4) is 0 Å². The first-order valence-electron chi connectivity index (χ1n) is 8.16. The van der Waals surface area contributed by atoms with Gasteiger partial charge in [-0.3, -0.25) is 9.59 Å². The molecule has 2 amide bonds. The Morgan fingerprint density at radius 1 is 1.36 bits per heavy atom. The summed E-state index contributed by atoms with van der Waals surface area (Å²) < 4.78 is 0. The number of amides is 2. The zero-order chi connectivity index (χ0) is 16.3. The van der Waals surface area contributed by atoms with Crippen molar-refractivity contribution in [3.63, 3.8) is 0 Å². The molecule has 0 aromatic heterocycles. The van der Waals surface area contributed by atoms with E-state index in [9.17, 15) is 9.59 Å². The van der Waals surface area contributed by atoms with E-state index in [1.165, 1.54) is 0 Å². The summed E-state index contributed by atoms with van der Waals surface area (Å²) in [5.41, 5.74) is -0.0467. The second-order valence-corrected chi connectivity index (χ2v) is 8.70. The number of nitrogens with zero attached hydrogens (tertiary/aromatic N) is 1. The minimum Gasteiger partial charge on any atom is -0.351 e. The molecule has 22 heavy (non-hydrogen) atoms. The Hall–Kier alpha value is -0.750. The molecular weight excluding hydrogens is 298 g/mol. The summed E-state index contributed by atoms with van der Waals surface area (Å²) in [6.07, 6.45) is 1.45. The predicted molar refractivity (Wildman–Crippen MR) is 90.6 cm³/mol. The first-order chi connectivity index (χ1) is 10.3. The maximum absolute atomic E-state index is 12.6. The number of thioether (sulfide) groups is 1. The van der Waals surface area contributed by atoms with Crippen LogP contribution in [-0.4, -0.2) is 53.5 Å². The summed E-state index contributed by atoms with van der Waals surface area (Å²) in [6, 6.07) is -0.0825. The van der Waals surface area contributed by atoms with Crippen molar-refractivity contribution in [3.05, 3.63) is 0 Å². The predicted octanol–water partition coefficient (Wildman–Crippen LogP) is 1.44. The van der Waals surface area contributed by atoms with Gasteiger partial charge in [-0.05, 0) is 30.8 Å². The molecule has 0 radical (unpaired) electrons. The lowest BCUT2D eigenvalue weighted by atomic mass is 9.91. The summed E-state index contributed by atoms with van der Waals surface area (Å²) >= 11 is 1.67. The van der Waals surface area contributed by atoms with Crippen molar-refractivity contribution in [3.8, 4) is 0 Å². The van der Waals surface area contributed by atoms with Crippen LogP contribution in [0.15, 0.2) is 0 Å². The van der Waals surface area contributed by atoms with Gasteiger partial charge < -0.3 is 15.5 Å². The molecule has 2 heterocycles. The average molecular weight is 327 g/mol. The van der Waals surface area contributed by atoms with Crippen LogP contribution >= 0.6 is 11.8 Å². The van der Waals surface area contributed by atoms with E-state index in [1.54, 1.807) is 16.7 Å². The number of hydrogen-bond donors (Lipinski definition) is 2. The lowest BCUT2D eigenvalue weighted by Crippen LogP contribution is -2.54. The van der Waals surface area contributed by atoms with Gasteiger partial charge in [-0.2, -0.15) is 0 Å². The molecule has 5 nitrogen and oxygen atoms in total. The van der Waals surface area contributed by atoms with Crippen molar-refractivity contribution in [2.24, 2.45) is 11.3 Å². The molecule has 0 aromatic carbocycles. The summed E-state index contributed by atoms with van der Waals surface area (Å²) in [7, 11) is 0. The highest BCUT2D eigenvalue weighted by molar-refractivity contribution is 7.99. The zero-order valence-corrected chi connectivity index (χ0v) is 15.0. The highest BCUT2D eigenvalue weighted by atomic mass is 32.2. The monoisotopic (exact) mass is 327 g/mol. The van der Waals surface area contributed by atoms with Crippen molar-refractivity contribution in [2.75, 3.05) is 24.7 Å². The topological polar surface area (TPSA) is 61.4 Å². The van der Waals surface area contributed by atoms with E-state index in [2.05, 4.69) is 38.3 Å². The van der Waals surface area contributed by atoms with Crippen LogP contribution in [0.1, 0.15) is 40.5 Å². The van der Waals surface area contributed by atoms with Gasteiger partial charge in [-0.25, -0.2) is 0 Å². The third-order valence-corrected chi connectivity index (χ3v) is 5.31. The van der Waals surface area contributed by atoms with Crippen molar-refractivity contribution in [1.82, 2.24) is 15.5 Å². The minimum absolute atomic E-state index is 0.0195. The van der Waals surface area contributed by atoms with Gasteiger partial charge in [0.25, 0.3) is 0 Å². The van der Waals surface area contributed by atoms with E-state index in [0.29, 0.717) is 24.0 Å². The number of rotatable bonds is 3. The molecule has 6 heteroatoms. The van der Waals surface area contributed by atoms with E-state index in [-0.39, 0.29) is 29.3 Å². The van der Waals surface area contributed by atoms with Crippen LogP contribution in [0, 0.1) is 11.3 Å². The molecule has 3 atom stereocenters. The van der Waals surface area contributed by atoms with E-state index in [0.717, 1.165) is 19.5 Å². The largest absolute Gasteiger partial charge is 0.351 e. The van der Waals surface area contributed by atoms with Gasteiger partial charge in [0.2, 0.25) is 11.8 Å². The van der Waals surface area contributed by atoms with Crippen molar-refractivity contribution >= 4 is 23.6 Å². The molecule has 0 aromatic rings. The van der Waals surface area contributed by atoms with Gasteiger partial charge in [-0.15, -0.1) is 11.8 Å². The smallest absolute Gasteiger partial charge is 0.243 e. The van der Waals surface area contributed by atoms with Crippen LogP contribution < -0.4 is 10.6 Å². The first-order valence-corrected chi connectivity index (χ1v) is 9.32. The Bertz CT molecular complexity index is 422. The highest BCUT2D eigenvalue weighted by Crippen LogP contribution is 2.27. The summed E-state index contributed by atoms with van der Waals surface area (Å²) in [6.45, 7) is 10.2. The van der Waals surface area contributed by atoms with Gasteiger partial charge in [-0.1, -0.05) is 27.7 Å². The Morgan fingerprint density at radius 3 is 2.73 bits per heavy atom. The number of carbonyl (C=O) groups is 2. The Kier molecular flexibility index (Phi) is 5.77. The maximum atomic E-state index is 12.6. The van der Waals surface area contributed by atoms with E-state index < -0.39 is 0 Å². The SMILES string of the molecule is CC1CNCCC1NC(=O)C1CSCN1C(=O)CC(C)(C)C. The Balaban J connectivity index is 1.94. The normalized spacial score (nSPS) is 29.5. The van der Waals surface area contributed by atoms with Crippen LogP contribution in [0.25, 0.3) is 0 Å². The Morgan fingerprint density at radius 2 is 2.09 bits per heavy atom. The van der Waals surface area contributed by atoms with Crippen LogP contribution in [0.2, 0.25) is 0 Å². The molecule has 2 fully saturated rings. The molecule has 0 aliphatic carbocycles. The highest BCUT2D eigenvalue weighted by Gasteiger charge is 2.37. The molecule has 2 saturated heterocycles. The fourth-order valence-corrected chi connectivity index (χ4v) is 4.15. The van der Waals surface area contributed by atoms with Crippen LogP contribution in [-0.2, 0) is 9.59 Å². The van der Waals surface area contributed by atoms with Crippen LogP contribution in [0.4, 0.5) is 0 Å². The summed E-state index contributed by atoms with van der Waals surface area (Å²) in [5.74, 6) is 1.89. The fourth-order valence-electron chi connectivity index (χ4n) is 2.97. The molecule has 2 N–H and O–H groups in total. The summed E-state index contributed by atoms with van der Waals surface area (Å²) in [4.78, 5) is 26.8. The van der Waals surface area contributed by atoms with E-state index in [1.807, 2.05) is 0 Å². The standard InChI is InChI=1S/C16H29N3O2S/c1-11-8-17-6-5-12(11)18-15(21)13-9-22-10-19(13)14(20)7-16(2,3)4/h11-13,17H,5-10H2,1-4H3,(H,18,21).